The molecule has 1 aliphatic rings. The average Bonchev–Trinajstić information content (AvgIpc) is 3.24. The molecule has 184 valence electrons. The molecule has 9 heteroatoms. The summed E-state index contributed by atoms with van der Waals surface area (Å²) in [5.41, 5.74) is 2.56. The number of hydrogen-bond donors (Lipinski definition) is 2. The summed E-state index contributed by atoms with van der Waals surface area (Å²) in [7, 11) is 1.55. The summed E-state index contributed by atoms with van der Waals surface area (Å²) in [6.45, 7) is 0.0563. The molecule has 0 atom stereocenters. The number of rotatable bonds is 6. The van der Waals surface area contributed by atoms with Gasteiger partial charge in [-0.2, -0.15) is 0 Å². The van der Waals surface area contributed by atoms with E-state index in [1.807, 2.05) is 54.6 Å². The van der Waals surface area contributed by atoms with E-state index in [0.29, 0.717) is 22.7 Å². The van der Waals surface area contributed by atoms with Gasteiger partial charge in [-0.3, -0.25) is 24.6 Å². The Bertz CT molecular complexity index is 1560. The van der Waals surface area contributed by atoms with Crippen LogP contribution in [0.5, 0.6) is 5.75 Å². The molecule has 0 bridgehead atoms. The fourth-order valence-corrected chi connectivity index (χ4v) is 4.46. The molecule has 0 spiro atoms. The number of benzene rings is 3. The molecule has 0 radical (unpaired) electrons. The number of nitrogens with one attached hydrogen (secondary N) is 2. The summed E-state index contributed by atoms with van der Waals surface area (Å²) in [5, 5.41) is 6.27. The Balaban J connectivity index is 1.48. The molecule has 2 heterocycles. The Kier molecular flexibility index (Phi) is 6.53. The van der Waals surface area contributed by atoms with Crippen LogP contribution >= 0.6 is 12.2 Å². The number of carbonyl (C=O) groups is 3. The van der Waals surface area contributed by atoms with Gasteiger partial charge in [0.05, 0.1) is 12.8 Å². The predicted octanol–water partition coefficient (Wildman–Crippen LogP) is 4.12. The highest BCUT2D eigenvalue weighted by atomic mass is 32.1. The van der Waals surface area contributed by atoms with Crippen molar-refractivity contribution in [2.45, 2.75) is 6.54 Å². The minimum absolute atomic E-state index is 0.00247. The maximum absolute atomic E-state index is 13.4. The first-order valence-electron chi connectivity index (χ1n) is 11.4. The zero-order valence-corrected chi connectivity index (χ0v) is 20.6. The molecule has 0 unspecified atom stereocenters. The van der Waals surface area contributed by atoms with Crippen molar-refractivity contribution in [2.24, 2.45) is 0 Å². The second-order valence-corrected chi connectivity index (χ2v) is 8.69. The van der Waals surface area contributed by atoms with E-state index in [1.54, 1.807) is 42.1 Å². The van der Waals surface area contributed by atoms with Crippen molar-refractivity contribution in [1.82, 2.24) is 9.88 Å². The van der Waals surface area contributed by atoms with Crippen molar-refractivity contribution in [3.05, 3.63) is 96.2 Å². The first-order valence-corrected chi connectivity index (χ1v) is 11.8. The smallest absolute Gasteiger partial charge is 0.270 e. The number of para-hydroxylation sites is 2. The normalized spacial score (nSPS) is 14.7. The minimum atomic E-state index is -0.585. The van der Waals surface area contributed by atoms with Gasteiger partial charge in [-0.15, -0.1) is 0 Å². The van der Waals surface area contributed by atoms with Crippen LogP contribution < -0.4 is 20.3 Å². The Hall–Kier alpha value is -4.76. The zero-order chi connectivity index (χ0) is 25.9. The van der Waals surface area contributed by atoms with E-state index in [-0.39, 0.29) is 23.1 Å². The summed E-state index contributed by atoms with van der Waals surface area (Å²) >= 11 is 5.29. The Morgan fingerprint density at radius 1 is 1.00 bits per heavy atom. The molecular weight excluding hydrogens is 488 g/mol. The van der Waals surface area contributed by atoms with Crippen LogP contribution in [0.25, 0.3) is 17.0 Å². The van der Waals surface area contributed by atoms with E-state index in [4.69, 9.17) is 17.0 Å². The van der Waals surface area contributed by atoms with Crippen LogP contribution in [0.3, 0.4) is 0 Å². The van der Waals surface area contributed by atoms with Crippen LogP contribution in [0.4, 0.5) is 11.4 Å². The number of anilines is 2. The molecule has 0 aliphatic carbocycles. The Morgan fingerprint density at radius 2 is 1.70 bits per heavy atom. The second kappa shape index (κ2) is 10.1. The molecule has 5 rings (SSSR count). The molecule has 1 aliphatic heterocycles. The van der Waals surface area contributed by atoms with Crippen molar-refractivity contribution in [2.75, 3.05) is 17.3 Å². The number of nitrogens with zero attached hydrogens (tertiary/aromatic N) is 2. The highest BCUT2D eigenvalue weighted by Gasteiger charge is 2.34. The SMILES string of the molecule is COc1ccc(N2C(=O)/C(=C\c3cn(CC(=O)Nc4ccccc4)c4ccccc34)C(=O)NC2=S)cc1. The van der Waals surface area contributed by atoms with Crippen molar-refractivity contribution in [1.29, 1.82) is 0 Å². The van der Waals surface area contributed by atoms with E-state index < -0.39 is 11.8 Å². The lowest BCUT2D eigenvalue weighted by Gasteiger charge is -2.29. The molecule has 2 N–H and O–H groups in total. The fourth-order valence-electron chi connectivity index (χ4n) is 4.18. The van der Waals surface area contributed by atoms with E-state index in [1.165, 1.54) is 11.0 Å². The van der Waals surface area contributed by atoms with Crippen LogP contribution in [-0.2, 0) is 20.9 Å². The molecule has 1 saturated heterocycles. The van der Waals surface area contributed by atoms with E-state index >= 15 is 0 Å². The highest BCUT2D eigenvalue weighted by Crippen LogP contribution is 2.27. The molecule has 1 fully saturated rings. The monoisotopic (exact) mass is 510 g/mol. The largest absolute Gasteiger partial charge is 0.497 e. The average molecular weight is 511 g/mol. The van der Waals surface area contributed by atoms with Crippen LogP contribution in [0.2, 0.25) is 0 Å². The summed E-state index contributed by atoms with van der Waals surface area (Å²) < 4.78 is 6.97. The third-order valence-electron chi connectivity index (χ3n) is 5.92. The molecule has 8 nitrogen and oxygen atoms in total. The molecule has 4 aromatic rings. The lowest BCUT2D eigenvalue weighted by molar-refractivity contribution is -0.122. The number of carbonyl (C=O) groups excluding carboxylic acids is 3. The quantitative estimate of drug-likeness (QED) is 0.231. The summed E-state index contributed by atoms with van der Waals surface area (Å²) in [6.07, 6.45) is 3.29. The summed E-state index contributed by atoms with van der Waals surface area (Å²) in [5.74, 6) is -0.701. The highest BCUT2D eigenvalue weighted by molar-refractivity contribution is 7.80. The lowest BCUT2D eigenvalue weighted by Crippen LogP contribution is -2.54. The van der Waals surface area contributed by atoms with Gasteiger partial charge in [0.15, 0.2) is 5.11 Å². The number of aromatic nitrogens is 1. The summed E-state index contributed by atoms with van der Waals surface area (Å²) in [4.78, 5) is 40.2. The maximum Gasteiger partial charge on any atom is 0.270 e. The van der Waals surface area contributed by atoms with Gasteiger partial charge in [-0.25, -0.2) is 0 Å². The van der Waals surface area contributed by atoms with E-state index in [9.17, 15) is 14.4 Å². The Labute approximate surface area is 218 Å². The maximum atomic E-state index is 13.4. The zero-order valence-electron chi connectivity index (χ0n) is 19.8. The lowest BCUT2D eigenvalue weighted by atomic mass is 10.1. The first-order chi connectivity index (χ1) is 17.9. The first kappa shape index (κ1) is 24.0. The number of fused-ring (bicyclic) bond motifs is 1. The standard InChI is InChI=1S/C28H22N4O4S/c1-36-21-13-11-20(12-14-21)32-27(35)23(26(34)30-28(32)37)15-18-16-31(24-10-6-5-9-22(18)24)17-25(33)29-19-7-3-2-4-8-19/h2-16H,17H2,1H3,(H,29,33)(H,30,34,37)/b23-15-. The van der Waals surface area contributed by atoms with Crippen LogP contribution in [0.1, 0.15) is 5.56 Å². The van der Waals surface area contributed by atoms with E-state index in [0.717, 1.165) is 10.9 Å². The third kappa shape index (κ3) is 4.85. The number of methoxy groups -OCH3 is 1. The van der Waals surface area contributed by atoms with Gasteiger partial charge in [0.1, 0.15) is 17.9 Å². The molecule has 0 saturated carbocycles. The third-order valence-corrected chi connectivity index (χ3v) is 6.21. The van der Waals surface area contributed by atoms with Crippen molar-refractivity contribution in [3.63, 3.8) is 0 Å². The topological polar surface area (TPSA) is 92.7 Å². The van der Waals surface area contributed by atoms with Gasteiger partial charge in [0.25, 0.3) is 11.8 Å². The molecule has 3 amide bonds. The number of hydrogen-bond acceptors (Lipinski definition) is 5. The molecule has 37 heavy (non-hydrogen) atoms. The van der Waals surface area contributed by atoms with Gasteiger partial charge < -0.3 is 14.6 Å². The van der Waals surface area contributed by atoms with Gasteiger partial charge in [-0.05, 0) is 60.8 Å². The van der Waals surface area contributed by atoms with Gasteiger partial charge in [0.2, 0.25) is 5.91 Å². The van der Waals surface area contributed by atoms with Gasteiger partial charge in [0, 0.05) is 28.4 Å². The summed E-state index contributed by atoms with van der Waals surface area (Å²) in [6, 6.07) is 23.5. The molecular formula is C28H22N4O4S. The molecule has 1 aromatic heterocycles. The second-order valence-electron chi connectivity index (χ2n) is 8.30. The van der Waals surface area contributed by atoms with Crippen molar-refractivity contribution < 1.29 is 19.1 Å². The number of amides is 3. The van der Waals surface area contributed by atoms with Gasteiger partial charge >= 0.3 is 0 Å². The Morgan fingerprint density at radius 3 is 2.43 bits per heavy atom. The van der Waals surface area contributed by atoms with Crippen LogP contribution in [-0.4, -0.2) is 34.5 Å². The van der Waals surface area contributed by atoms with Crippen LogP contribution in [0, 0.1) is 0 Å². The molecule has 3 aromatic carbocycles. The van der Waals surface area contributed by atoms with E-state index in [2.05, 4.69) is 10.6 Å². The number of thiocarbonyl (C=S) groups is 1. The van der Waals surface area contributed by atoms with Crippen LogP contribution in [0.15, 0.2) is 90.6 Å². The fraction of sp³-hybridized carbons (Fsp3) is 0.0714. The minimum Gasteiger partial charge on any atom is -0.497 e. The number of ether oxygens (including phenoxy) is 1. The van der Waals surface area contributed by atoms with Crippen molar-refractivity contribution >= 4 is 63.4 Å². The van der Waals surface area contributed by atoms with Crippen molar-refractivity contribution in [3.8, 4) is 5.75 Å². The van der Waals surface area contributed by atoms with Gasteiger partial charge in [-0.1, -0.05) is 36.4 Å². The predicted molar refractivity (Wildman–Crippen MR) is 146 cm³/mol.